The van der Waals surface area contributed by atoms with Crippen LogP contribution in [0.25, 0.3) is 16.9 Å². The molecule has 9 nitrogen and oxygen atoms in total. The molecule has 0 spiro atoms. The van der Waals surface area contributed by atoms with Crippen LogP contribution in [0.2, 0.25) is 0 Å². The van der Waals surface area contributed by atoms with Crippen LogP contribution in [0.15, 0.2) is 60.9 Å². The van der Waals surface area contributed by atoms with Gasteiger partial charge in [-0.15, -0.1) is 0 Å². The van der Waals surface area contributed by atoms with Gasteiger partial charge in [-0.2, -0.15) is 4.98 Å². The molecule has 0 atom stereocenters. The SMILES string of the molecule is NC(=O)c1c(-c2ccccc2)nc2c(Nc3nccc(N4CCOCC4)n3)cccn12. The Labute approximate surface area is 178 Å². The molecule has 3 aromatic heterocycles. The molecule has 1 saturated heterocycles. The quantitative estimate of drug-likeness (QED) is 0.515. The smallest absolute Gasteiger partial charge is 0.268 e. The molecule has 1 amide bonds. The summed E-state index contributed by atoms with van der Waals surface area (Å²) < 4.78 is 7.11. The second-order valence-electron chi connectivity index (χ2n) is 7.12. The Morgan fingerprint density at radius 3 is 2.61 bits per heavy atom. The van der Waals surface area contributed by atoms with Crippen LogP contribution < -0.4 is 16.0 Å². The van der Waals surface area contributed by atoms with E-state index >= 15 is 0 Å². The molecule has 4 heterocycles. The first kappa shape index (κ1) is 19.0. The van der Waals surface area contributed by atoms with Crippen molar-refractivity contribution < 1.29 is 9.53 Å². The average Bonchev–Trinajstić information content (AvgIpc) is 3.22. The summed E-state index contributed by atoms with van der Waals surface area (Å²) >= 11 is 0. The normalized spacial score (nSPS) is 14.0. The lowest BCUT2D eigenvalue weighted by molar-refractivity contribution is 0.0995. The Bertz CT molecular complexity index is 1230. The number of carbonyl (C=O) groups excluding carboxylic acids is 1. The zero-order valence-corrected chi connectivity index (χ0v) is 16.7. The number of morpholine rings is 1. The lowest BCUT2D eigenvalue weighted by Gasteiger charge is -2.27. The summed E-state index contributed by atoms with van der Waals surface area (Å²) in [6.45, 7) is 2.93. The maximum absolute atomic E-state index is 12.3. The van der Waals surface area contributed by atoms with E-state index in [0.717, 1.165) is 24.5 Å². The van der Waals surface area contributed by atoms with E-state index in [1.807, 2.05) is 48.5 Å². The van der Waals surface area contributed by atoms with Crippen LogP contribution >= 0.6 is 0 Å². The summed E-state index contributed by atoms with van der Waals surface area (Å²) in [6.07, 6.45) is 3.49. The molecule has 156 valence electrons. The van der Waals surface area contributed by atoms with Crippen molar-refractivity contribution in [2.75, 3.05) is 36.5 Å². The van der Waals surface area contributed by atoms with Crippen LogP contribution in [0.1, 0.15) is 10.5 Å². The highest BCUT2D eigenvalue weighted by Gasteiger charge is 2.20. The predicted octanol–water partition coefficient (Wildman–Crippen LogP) is 2.47. The number of amides is 1. The third kappa shape index (κ3) is 3.66. The van der Waals surface area contributed by atoms with Crippen LogP contribution in [-0.4, -0.2) is 51.6 Å². The summed E-state index contributed by atoms with van der Waals surface area (Å²) in [5.41, 5.74) is 8.62. The number of carbonyl (C=O) groups is 1. The summed E-state index contributed by atoms with van der Waals surface area (Å²) in [7, 11) is 0. The third-order valence-electron chi connectivity index (χ3n) is 5.15. The van der Waals surface area contributed by atoms with Gasteiger partial charge < -0.3 is 20.7 Å². The Balaban J connectivity index is 1.55. The van der Waals surface area contributed by atoms with E-state index in [1.165, 1.54) is 0 Å². The minimum Gasteiger partial charge on any atom is -0.378 e. The van der Waals surface area contributed by atoms with Crippen molar-refractivity contribution in [1.82, 2.24) is 19.4 Å². The van der Waals surface area contributed by atoms with Crippen LogP contribution in [0, 0.1) is 0 Å². The van der Waals surface area contributed by atoms with Crippen LogP contribution in [-0.2, 0) is 4.74 Å². The highest BCUT2D eigenvalue weighted by Crippen LogP contribution is 2.28. The fourth-order valence-electron chi connectivity index (χ4n) is 3.70. The average molecular weight is 415 g/mol. The number of pyridine rings is 1. The van der Waals surface area contributed by atoms with E-state index in [9.17, 15) is 4.79 Å². The molecule has 0 aliphatic carbocycles. The maximum atomic E-state index is 12.3. The molecule has 0 bridgehead atoms. The second kappa shape index (κ2) is 8.04. The molecule has 1 aliphatic heterocycles. The van der Waals surface area contributed by atoms with Gasteiger partial charge in [-0.1, -0.05) is 30.3 Å². The number of rotatable bonds is 5. The number of primary amides is 1. The Hall–Kier alpha value is -3.98. The molecule has 9 heteroatoms. The highest BCUT2D eigenvalue weighted by atomic mass is 16.5. The van der Waals surface area contributed by atoms with E-state index in [1.54, 1.807) is 16.8 Å². The van der Waals surface area contributed by atoms with Crippen molar-refractivity contribution in [3.8, 4) is 11.3 Å². The van der Waals surface area contributed by atoms with E-state index in [2.05, 4.69) is 20.2 Å². The minimum atomic E-state index is -0.547. The summed E-state index contributed by atoms with van der Waals surface area (Å²) in [5, 5.41) is 3.24. The summed E-state index contributed by atoms with van der Waals surface area (Å²) in [5.74, 6) is 0.731. The van der Waals surface area contributed by atoms with E-state index in [4.69, 9.17) is 15.5 Å². The Morgan fingerprint density at radius 2 is 1.84 bits per heavy atom. The van der Waals surface area contributed by atoms with Crippen molar-refractivity contribution >= 4 is 29.0 Å². The van der Waals surface area contributed by atoms with Gasteiger partial charge >= 0.3 is 0 Å². The highest BCUT2D eigenvalue weighted by molar-refractivity contribution is 5.99. The lowest BCUT2D eigenvalue weighted by Crippen LogP contribution is -2.36. The molecule has 1 aromatic carbocycles. The van der Waals surface area contributed by atoms with Crippen molar-refractivity contribution in [2.24, 2.45) is 5.73 Å². The standard InChI is InChI=1S/C22H21N7O2/c23-20(30)19-18(15-5-2-1-3-6-15)27-21-16(7-4-10-29(19)21)25-22-24-9-8-17(26-22)28-11-13-31-14-12-28/h1-10H,11-14H2,(H2,23,30)(H,24,25,26). The number of aromatic nitrogens is 4. The predicted molar refractivity (Wildman–Crippen MR) is 117 cm³/mol. The first-order valence-corrected chi connectivity index (χ1v) is 10.00. The fourth-order valence-corrected chi connectivity index (χ4v) is 3.70. The lowest BCUT2D eigenvalue weighted by atomic mass is 10.1. The number of hydrogen-bond acceptors (Lipinski definition) is 7. The molecular formula is C22H21N7O2. The van der Waals surface area contributed by atoms with Crippen LogP contribution in [0.4, 0.5) is 17.5 Å². The second-order valence-corrected chi connectivity index (χ2v) is 7.12. The Kier molecular flexibility index (Phi) is 4.93. The van der Waals surface area contributed by atoms with Crippen LogP contribution in [0.5, 0.6) is 0 Å². The van der Waals surface area contributed by atoms with Gasteiger partial charge in [0.1, 0.15) is 17.2 Å². The molecule has 1 fully saturated rings. The molecule has 3 N–H and O–H groups in total. The molecule has 0 saturated carbocycles. The van der Waals surface area contributed by atoms with E-state index in [-0.39, 0.29) is 0 Å². The molecule has 0 unspecified atom stereocenters. The number of nitrogens with two attached hydrogens (primary N) is 1. The molecular weight excluding hydrogens is 394 g/mol. The minimum absolute atomic E-state index is 0.327. The molecule has 0 radical (unpaired) electrons. The van der Waals surface area contributed by atoms with Gasteiger partial charge in [-0.25, -0.2) is 9.97 Å². The zero-order valence-electron chi connectivity index (χ0n) is 16.7. The monoisotopic (exact) mass is 415 g/mol. The molecule has 4 aromatic rings. The van der Waals surface area contributed by atoms with Gasteiger partial charge in [0.05, 0.1) is 18.9 Å². The number of benzene rings is 1. The molecule has 5 rings (SSSR count). The van der Waals surface area contributed by atoms with Crippen molar-refractivity contribution in [3.05, 3.63) is 66.6 Å². The largest absolute Gasteiger partial charge is 0.378 e. The Morgan fingerprint density at radius 1 is 1.03 bits per heavy atom. The molecule has 31 heavy (non-hydrogen) atoms. The van der Waals surface area contributed by atoms with Gasteiger partial charge in [0, 0.05) is 31.0 Å². The number of anilines is 3. The number of nitrogens with one attached hydrogen (secondary N) is 1. The fraction of sp³-hybridized carbons (Fsp3) is 0.182. The topological polar surface area (TPSA) is 111 Å². The summed E-state index contributed by atoms with van der Waals surface area (Å²) in [6, 6.07) is 15.1. The summed E-state index contributed by atoms with van der Waals surface area (Å²) in [4.78, 5) is 28.1. The maximum Gasteiger partial charge on any atom is 0.268 e. The van der Waals surface area contributed by atoms with Gasteiger partial charge in [0.25, 0.3) is 5.91 Å². The van der Waals surface area contributed by atoms with Gasteiger partial charge in [0.15, 0.2) is 5.65 Å². The van der Waals surface area contributed by atoms with Gasteiger partial charge in [-0.05, 0) is 18.2 Å². The third-order valence-corrected chi connectivity index (χ3v) is 5.15. The number of nitrogens with zero attached hydrogens (tertiary/aromatic N) is 5. The van der Waals surface area contributed by atoms with Crippen molar-refractivity contribution in [3.63, 3.8) is 0 Å². The zero-order chi connectivity index (χ0) is 21.2. The first-order valence-electron chi connectivity index (χ1n) is 10.00. The van der Waals surface area contributed by atoms with Gasteiger partial charge in [0.2, 0.25) is 5.95 Å². The van der Waals surface area contributed by atoms with Gasteiger partial charge in [-0.3, -0.25) is 9.20 Å². The number of hydrogen-bond donors (Lipinski definition) is 2. The number of imidazole rings is 1. The first-order chi connectivity index (χ1) is 15.2. The van der Waals surface area contributed by atoms with E-state index < -0.39 is 5.91 Å². The van der Waals surface area contributed by atoms with Crippen LogP contribution in [0.3, 0.4) is 0 Å². The number of ether oxygens (including phenoxy) is 1. The number of fused-ring (bicyclic) bond motifs is 1. The molecule has 1 aliphatic rings. The van der Waals surface area contributed by atoms with Crippen molar-refractivity contribution in [2.45, 2.75) is 0 Å². The van der Waals surface area contributed by atoms with E-state index in [0.29, 0.717) is 41.9 Å². The van der Waals surface area contributed by atoms with Crippen molar-refractivity contribution in [1.29, 1.82) is 0 Å².